The number of aliphatic imine (C=N–C) groups is 1. The summed E-state index contributed by atoms with van der Waals surface area (Å²) in [6, 6.07) is 18.8. The van der Waals surface area contributed by atoms with Crippen molar-refractivity contribution in [1.29, 1.82) is 0 Å². The van der Waals surface area contributed by atoms with Gasteiger partial charge >= 0.3 is 0 Å². The van der Waals surface area contributed by atoms with Crippen molar-refractivity contribution in [3.8, 4) is 11.3 Å². The normalized spacial score (nSPS) is 16.0. The van der Waals surface area contributed by atoms with E-state index in [9.17, 15) is 0 Å². The van der Waals surface area contributed by atoms with Gasteiger partial charge < -0.3 is 10.2 Å². The maximum Gasteiger partial charge on any atom is 0.227 e. The molecule has 0 spiro atoms. The number of anilines is 4. The van der Waals surface area contributed by atoms with Gasteiger partial charge in [0.2, 0.25) is 5.95 Å². The van der Waals surface area contributed by atoms with Crippen molar-refractivity contribution < 1.29 is 0 Å². The van der Waals surface area contributed by atoms with Gasteiger partial charge in [0.1, 0.15) is 12.5 Å². The minimum absolute atomic E-state index is 0.592. The molecule has 2 aromatic carbocycles. The quantitative estimate of drug-likeness (QED) is 0.579. The van der Waals surface area contributed by atoms with E-state index in [0.717, 1.165) is 48.0 Å². The Bertz CT molecular complexity index is 1090. The summed E-state index contributed by atoms with van der Waals surface area (Å²) in [4.78, 5) is 16.1. The van der Waals surface area contributed by atoms with Crippen LogP contribution in [0.2, 0.25) is 0 Å². The highest BCUT2D eigenvalue weighted by molar-refractivity contribution is 5.85. The molecule has 3 heterocycles. The fourth-order valence-electron chi connectivity index (χ4n) is 4.17. The summed E-state index contributed by atoms with van der Waals surface area (Å²) in [5, 5.41) is 5.37. The number of rotatable bonds is 6. The Kier molecular flexibility index (Phi) is 5.87. The first-order valence-corrected chi connectivity index (χ1v) is 11.4. The predicted molar refractivity (Wildman–Crippen MR) is 131 cm³/mol. The van der Waals surface area contributed by atoms with Crippen LogP contribution in [0.5, 0.6) is 0 Å². The molecule has 5 rings (SSSR count). The summed E-state index contributed by atoms with van der Waals surface area (Å²) >= 11 is 0. The molecule has 0 bridgehead atoms. The van der Waals surface area contributed by atoms with Gasteiger partial charge in [-0.05, 0) is 61.7 Å². The van der Waals surface area contributed by atoms with Crippen LogP contribution in [0.4, 0.5) is 23.0 Å². The fraction of sp³-hybridized carbons (Fsp3) is 0.320. The van der Waals surface area contributed by atoms with Gasteiger partial charge in [-0.25, -0.2) is 15.0 Å². The average molecular weight is 428 g/mol. The van der Waals surface area contributed by atoms with Gasteiger partial charge in [0.25, 0.3) is 0 Å². The molecule has 0 radical (unpaired) electrons. The molecule has 1 aromatic heterocycles. The number of hydrogen-bond donors (Lipinski definition) is 2. The molecule has 7 nitrogen and oxygen atoms in total. The van der Waals surface area contributed by atoms with E-state index >= 15 is 0 Å². The Hall–Kier alpha value is -3.61. The van der Waals surface area contributed by atoms with Gasteiger partial charge in [0.15, 0.2) is 0 Å². The molecule has 7 heteroatoms. The van der Waals surface area contributed by atoms with Gasteiger partial charge in [-0.2, -0.15) is 0 Å². The fourth-order valence-corrected chi connectivity index (χ4v) is 4.17. The summed E-state index contributed by atoms with van der Waals surface area (Å²) in [5.41, 5.74) is 8.64. The van der Waals surface area contributed by atoms with Crippen LogP contribution < -0.4 is 20.7 Å². The van der Waals surface area contributed by atoms with Crippen molar-refractivity contribution >= 4 is 28.8 Å². The summed E-state index contributed by atoms with van der Waals surface area (Å²) in [6.45, 7) is 5.00. The number of benzene rings is 2. The molecular formula is C25H29N7. The molecule has 0 saturated carbocycles. The number of nitrogens with one attached hydrogen (secondary N) is 2. The van der Waals surface area contributed by atoms with Crippen molar-refractivity contribution in [2.75, 3.05) is 35.0 Å². The first-order valence-electron chi connectivity index (χ1n) is 11.4. The van der Waals surface area contributed by atoms with Crippen LogP contribution in [0.25, 0.3) is 11.3 Å². The maximum atomic E-state index is 4.76. The molecule has 2 N–H and O–H groups in total. The van der Waals surface area contributed by atoms with E-state index in [1.807, 2.05) is 29.4 Å². The largest absolute Gasteiger partial charge is 0.372 e. The monoisotopic (exact) mass is 427 g/mol. The smallest absolute Gasteiger partial charge is 0.227 e. The summed E-state index contributed by atoms with van der Waals surface area (Å²) < 4.78 is 0. The molecule has 0 atom stereocenters. The molecular weight excluding hydrogens is 398 g/mol. The minimum Gasteiger partial charge on any atom is -0.372 e. The molecule has 0 aliphatic carbocycles. The second-order valence-electron chi connectivity index (χ2n) is 8.18. The summed E-state index contributed by atoms with van der Waals surface area (Å²) in [5.74, 6) is 1.61. The summed E-state index contributed by atoms with van der Waals surface area (Å²) in [6.07, 6.45) is 6.59. The van der Waals surface area contributed by atoms with E-state index in [0.29, 0.717) is 12.6 Å². The van der Waals surface area contributed by atoms with Crippen LogP contribution in [-0.4, -0.2) is 35.6 Å². The molecule has 32 heavy (non-hydrogen) atoms. The number of piperidine rings is 1. The lowest BCUT2D eigenvalue weighted by atomic mass is 10.1. The molecule has 1 fully saturated rings. The van der Waals surface area contributed by atoms with E-state index in [1.54, 1.807) is 0 Å². The van der Waals surface area contributed by atoms with Crippen molar-refractivity contribution in [1.82, 2.24) is 15.4 Å². The predicted octanol–water partition coefficient (Wildman–Crippen LogP) is 4.97. The highest BCUT2D eigenvalue weighted by Gasteiger charge is 2.14. The second kappa shape index (κ2) is 9.26. The molecule has 164 valence electrons. The molecule has 2 aliphatic heterocycles. The molecule has 3 aromatic rings. The summed E-state index contributed by atoms with van der Waals surface area (Å²) in [7, 11) is 0. The van der Waals surface area contributed by atoms with Gasteiger partial charge in [-0.1, -0.05) is 19.1 Å². The van der Waals surface area contributed by atoms with Crippen LogP contribution in [0.15, 0.2) is 65.8 Å². The van der Waals surface area contributed by atoms with Crippen LogP contribution >= 0.6 is 0 Å². The zero-order chi connectivity index (χ0) is 21.8. The number of hydrazine groups is 1. The van der Waals surface area contributed by atoms with Crippen LogP contribution in [0, 0.1) is 0 Å². The standard InChI is InChI=1S/C25H29N7/c1-2-24-27-18-32(30-24)21-11-9-20(10-12-21)28-25-26-14-13-23(29-25)19-7-6-8-22(17-19)31-15-4-3-5-16-31/h6-14,17H,2-5,15-16,18H2,1H3,(H,27,30)(H,26,28,29). The van der Waals surface area contributed by atoms with Gasteiger partial charge in [-0.3, -0.25) is 10.4 Å². The van der Waals surface area contributed by atoms with E-state index in [1.165, 1.54) is 24.9 Å². The third kappa shape index (κ3) is 4.51. The van der Waals surface area contributed by atoms with Gasteiger partial charge in [-0.15, -0.1) is 0 Å². The van der Waals surface area contributed by atoms with Crippen molar-refractivity contribution in [3.63, 3.8) is 0 Å². The highest BCUT2D eigenvalue weighted by Crippen LogP contribution is 2.27. The Morgan fingerprint density at radius 1 is 0.969 bits per heavy atom. The van der Waals surface area contributed by atoms with E-state index in [2.05, 4.69) is 68.9 Å². The third-order valence-electron chi connectivity index (χ3n) is 5.96. The zero-order valence-electron chi connectivity index (χ0n) is 18.5. The molecule has 0 amide bonds. The molecule has 0 unspecified atom stereocenters. The van der Waals surface area contributed by atoms with Crippen LogP contribution in [0.3, 0.4) is 0 Å². The van der Waals surface area contributed by atoms with Crippen molar-refractivity contribution in [2.45, 2.75) is 32.6 Å². The number of amidine groups is 1. The number of aromatic nitrogens is 2. The SMILES string of the molecule is CCC1=NCN(c2ccc(Nc3nccc(-c4cccc(N5CCCCC5)c4)n3)cc2)N1. The molecule has 2 aliphatic rings. The topological polar surface area (TPSA) is 68.7 Å². The first kappa shape index (κ1) is 20.3. The zero-order valence-corrected chi connectivity index (χ0v) is 18.5. The second-order valence-corrected chi connectivity index (χ2v) is 8.18. The molecule has 1 saturated heterocycles. The third-order valence-corrected chi connectivity index (χ3v) is 5.96. The van der Waals surface area contributed by atoms with Gasteiger partial charge in [0, 0.05) is 42.6 Å². The van der Waals surface area contributed by atoms with E-state index < -0.39 is 0 Å². The number of nitrogens with zero attached hydrogens (tertiary/aromatic N) is 5. The Morgan fingerprint density at radius 2 is 1.81 bits per heavy atom. The lowest BCUT2D eigenvalue weighted by Gasteiger charge is -2.29. The Balaban J connectivity index is 1.28. The minimum atomic E-state index is 0.592. The van der Waals surface area contributed by atoms with Gasteiger partial charge in [0.05, 0.1) is 11.4 Å². The van der Waals surface area contributed by atoms with E-state index in [-0.39, 0.29) is 0 Å². The van der Waals surface area contributed by atoms with E-state index in [4.69, 9.17) is 4.98 Å². The Morgan fingerprint density at radius 3 is 2.59 bits per heavy atom. The van der Waals surface area contributed by atoms with Crippen LogP contribution in [-0.2, 0) is 0 Å². The number of hydrogen-bond acceptors (Lipinski definition) is 7. The van der Waals surface area contributed by atoms with Crippen molar-refractivity contribution in [3.05, 3.63) is 60.8 Å². The first-order chi connectivity index (χ1) is 15.8. The lowest BCUT2D eigenvalue weighted by Crippen LogP contribution is -2.35. The average Bonchev–Trinajstić information content (AvgIpc) is 3.35. The lowest BCUT2D eigenvalue weighted by molar-refractivity contribution is 0.578. The van der Waals surface area contributed by atoms with Crippen molar-refractivity contribution in [2.24, 2.45) is 4.99 Å². The van der Waals surface area contributed by atoms with Crippen LogP contribution in [0.1, 0.15) is 32.6 Å². The Labute approximate surface area is 189 Å². The maximum absolute atomic E-state index is 4.76. The highest BCUT2D eigenvalue weighted by atomic mass is 15.6.